The molecule has 31 heavy (non-hydrogen) atoms. The Hall–Kier alpha value is -3.16. The summed E-state index contributed by atoms with van der Waals surface area (Å²) in [6.07, 6.45) is 3.07. The van der Waals surface area contributed by atoms with Crippen molar-refractivity contribution in [2.45, 2.75) is 13.5 Å². The maximum atomic E-state index is 13.1. The zero-order chi connectivity index (χ0) is 22.4. The molecule has 1 aromatic heterocycles. The Morgan fingerprint density at radius 3 is 2.39 bits per heavy atom. The van der Waals surface area contributed by atoms with Crippen molar-refractivity contribution in [1.82, 2.24) is 4.57 Å². The van der Waals surface area contributed by atoms with E-state index in [4.69, 9.17) is 21.1 Å². The van der Waals surface area contributed by atoms with Crippen molar-refractivity contribution in [3.63, 3.8) is 0 Å². The molecule has 0 aliphatic rings. The van der Waals surface area contributed by atoms with Crippen LogP contribution in [0.1, 0.15) is 28.4 Å². The average molecular weight is 458 g/mol. The van der Waals surface area contributed by atoms with Gasteiger partial charge in [-0.3, -0.25) is 9.36 Å². The molecule has 0 unspecified atom stereocenters. The Balaban J connectivity index is 2.06. The first-order valence-corrected chi connectivity index (χ1v) is 10.6. The minimum Gasteiger partial charge on any atom is -0.465 e. The highest BCUT2D eigenvalue weighted by Crippen LogP contribution is 2.10. The number of esters is 2. The number of aromatic nitrogens is 1. The monoisotopic (exact) mass is 457 g/mol. The van der Waals surface area contributed by atoms with E-state index in [2.05, 4.69) is 0 Å². The lowest BCUT2D eigenvalue weighted by atomic mass is 10.1. The lowest BCUT2D eigenvalue weighted by Crippen LogP contribution is -2.32. The topological polar surface area (TPSA) is 74.6 Å². The number of hydrogen-bond acceptors (Lipinski definition) is 6. The molecule has 0 bridgehead atoms. The van der Waals surface area contributed by atoms with Crippen LogP contribution in [0, 0.1) is 0 Å². The normalized spacial score (nSPS) is 12.1. The summed E-state index contributed by atoms with van der Waals surface area (Å²) in [6, 6.07) is 13.9. The quantitative estimate of drug-likeness (QED) is 0.532. The maximum Gasteiger partial charge on any atom is 0.337 e. The smallest absolute Gasteiger partial charge is 0.337 e. The van der Waals surface area contributed by atoms with E-state index in [9.17, 15) is 14.4 Å². The van der Waals surface area contributed by atoms with Gasteiger partial charge in [0.1, 0.15) is 4.66 Å². The van der Waals surface area contributed by atoms with Crippen LogP contribution in [0.4, 0.5) is 0 Å². The first kappa shape index (κ1) is 22.5. The Labute approximate surface area is 187 Å². The zero-order valence-electron chi connectivity index (χ0n) is 17.0. The summed E-state index contributed by atoms with van der Waals surface area (Å²) in [5.41, 5.74) is 1.80. The Kier molecular flexibility index (Phi) is 7.44. The van der Waals surface area contributed by atoms with Gasteiger partial charge in [-0.15, -0.1) is 11.3 Å². The van der Waals surface area contributed by atoms with Crippen LogP contribution in [-0.4, -0.2) is 30.2 Å². The van der Waals surface area contributed by atoms with E-state index in [0.717, 1.165) is 11.1 Å². The molecule has 0 aliphatic carbocycles. The van der Waals surface area contributed by atoms with Crippen LogP contribution in [0.5, 0.6) is 0 Å². The van der Waals surface area contributed by atoms with Gasteiger partial charge in [0.2, 0.25) is 0 Å². The number of halogens is 1. The van der Waals surface area contributed by atoms with Crippen molar-refractivity contribution in [2.75, 3.05) is 13.7 Å². The van der Waals surface area contributed by atoms with Gasteiger partial charge >= 0.3 is 11.9 Å². The number of ether oxygens (including phenoxy) is 2. The minimum atomic E-state index is -0.517. The first-order chi connectivity index (χ1) is 14.9. The SMILES string of the molecule is CCOC(=O)/C=c1\s/c(=C\c2ccc(Cl)cc2)c(=O)n1Cc1ccc(C(=O)OC)cc1. The van der Waals surface area contributed by atoms with Crippen LogP contribution in [0.3, 0.4) is 0 Å². The van der Waals surface area contributed by atoms with Gasteiger partial charge in [0.05, 0.1) is 36.4 Å². The number of hydrogen-bond donors (Lipinski definition) is 0. The molecule has 6 nitrogen and oxygen atoms in total. The molecule has 2 aromatic carbocycles. The zero-order valence-corrected chi connectivity index (χ0v) is 18.5. The fourth-order valence-electron chi connectivity index (χ4n) is 2.83. The average Bonchev–Trinajstić information content (AvgIpc) is 3.04. The Morgan fingerprint density at radius 2 is 1.77 bits per heavy atom. The van der Waals surface area contributed by atoms with Crippen LogP contribution in [0.2, 0.25) is 5.02 Å². The van der Waals surface area contributed by atoms with Crippen LogP contribution >= 0.6 is 22.9 Å². The molecule has 160 valence electrons. The third-order valence-electron chi connectivity index (χ3n) is 4.35. The molecule has 0 radical (unpaired) electrons. The molecular weight excluding hydrogens is 438 g/mol. The molecule has 0 fully saturated rings. The van der Waals surface area contributed by atoms with Crippen molar-refractivity contribution >= 4 is 47.0 Å². The number of carbonyl (C=O) groups excluding carboxylic acids is 2. The van der Waals surface area contributed by atoms with Gasteiger partial charge in [0.25, 0.3) is 5.56 Å². The highest BCUT2D eigenvalue weighted by atomic mass is 35.5. The highest BCUT2D eigenvalue weighted by molar-refractivity contribution is 7.07. The highest BCUT2D eigenvalue weighted by Gasteiger charge is 2.10. The summed E-state index contributed by atoms with van der Waals surface area (Å²) in [7, 11) is 1.32. The fraction of sp³-hybridized carbons (Fsp3) is 0.174. The summed E-state index contributed by atoms with van der Waals surface area (Å²) in [4.78, 5) is 36.7. The number of methoxy groups -OCH3 is 1. The molecular formula is C23H20ClNO5S. The van der Waals surface area contributed by atoms with Crippen molar-refractivity contribution in [3.05, 3.63) is 89.8 Å². The van der Waals surface area contributed by atoms with Crippen LogP contribution < -0.4 is 14.8 Å². The molecule has 0 saturated heterocycles. The van der Waals surface area contributed by atoms with Gasteiger partial charge in [-0.05, 0) is 48.4 Å². The molecule has 0 saturated carbocycles. The molecule has 0 aliphatic heterocycles. The van der Waals surface area contributed by atoms with E-state index >= 15 is 0 Å². The van der Waals surface area contributed by atoms with Crippen molar-refractivity contribution < 1.29 is 19.1 Å². The van der Waals surface area contributed by atoms with Gasteiger partial charge in [-0.2, -0.15) is 0 Å². The Bertz CT molecular complexity index is 1260. The minimum absolute atomic E-state index is 0.229. The second kappa shape index (κ2) is 10.2. The number of thiazole rings is 1. The van der Waals surface area contributed by atoms with Crippen molar-refractivity contribution in [2.24, 2.45) is 0 Å². The summed E-state index contributed by atoms with van der Waals surface area (Å²) >= 11 is 7.13. The lowest BCUT2D eigenvalue weighted by molar-refractivity contribution is -0.135. The van der Waals surface area contributed by atoms with E-state index in [1.807, 2.05) is 12.1 Å². The maximum absolute atomic E-state index is 13.1. The molecule has 0 N–H and O–H groups in total. The van der Waals surface area contributed by atoms with Crippen LogP contribution in [0.15, 0.2) is 53.3 Å². The molecule has 0 amide bonds. The van der Waals surface area contributed by atoms with Crippen LogP contribution in [0.25, 0.3) is 12.2 Å². The summed E-state index contributed by atoms with van der Waals surface area (Å²) in [5.74, 6) is -0.952. The third kappa shape index (κ3) is 5.71. The van der Waals surface area contributed by atoms with Gasteiger partial charge < -0.3 is 9.47 Å². The van der Waals surface area contributed by atoms with Crippen LogP contribution in [-0.2, 0) is 20.8 Å². The molecule has 0 atom stereocenters. The van der Waals surface area contributed by atoms with Gasteiger partial charge in [-0.25, -0.2) is 9.59 Å². The summed E-state index contributed by atoms with van der Waals surface area (Å²) in [6.45, 7) is 2.19. The second-order valence-corrected chi connectivity index (χ2v) is 7.98. The van der Waals surface area contributed by atoms with Gasteiger partial charge in [0, 0.05) is 5.02 Å². The third-order valence-corrected chi connectivity index (χ3v) is 5.66. The standard InChI is InChI=1S/C23H20ClNO5S/c1-3-30-21(26)13-20-25(14-16-4-8-17(9-5-16)23(28)29-2)22(27)19(31-20)12-15-6-10-18(24)11-7-15/h4-13H,3,14H2,1-2H3/b19-12-,20-13-. The number of benzene rings is 2. The number of rotatable bonds is 6. The summed E-state index contributed by atoms with van der Waals surface area (Å²) < 4.78 is 12.2. The predicted octanol–water partition coefficient (Wildman–Crippen LogP) is 2.57. The molecule has 3 aromatic rings. The lowest BCUT2D eigenvalue weighted by Gasteiger charge is -2.04. The van der Waals surface area contributed by atoms with Gasteiger partial charge in [-0.1, -0.05) is 35.9 Å². The van der Waals surface area contributed by atoms with E-state index in [-0.39, 0.29) is 18.7 Å². The molecule has 0 spiro atoms. The van der Waals surface area contributed by atoms with E-state index in [0.29, 0.717) is 19.8 Å². The fourth-order valence-corrected chi connectivity index (χ4v) is 3.99. The second-order valence-electron chi connectivity index (χ2n) is 6.48. The number of nitrogens with zero attached hydrogens (tertiary/aromatic N) is 1. The van der Waals surface area contributed by atoms with Crippen molar-refractivity contribution in [3.8, 4) is 0 Å². The van der Waals surface area contributed by atoms with E-state index in [1.54, 1.807) is 49.4 Å². The Morgan fingerprint density at radius 1 is 1.10 bits per heavy atom. The molecule has 3 rings (SSSR count). The largest absolute Gasteiger partial charge is 0.465 e. The van der Waals surface area contributed by atoms with Gasteiger partial charge in [0.15, 0.2) is 0 Å². The van der Waals surface area contributed by atoms with E-state index < -0.39 is 11.9 Å². The molecule has 1 heterocycles. The predicted molar refractivity (Wildman–Crippen MR) is 121 cm³/mol. The van der Waals surface area contributed by atoms with E-state index in [1.165, 1.54) is 29.1 Å². The number of carbonyl (C=O) groups is 2. The van der Waals surface area contributed by atoms with Crippen molar-refractivity contribution in [1.29, 1.82) is 0 Å². The summed E-state index contributed by atoms with van der Waals surface area (Å²) in [5, 5.41) is 0.604. The first-order valence-electron chi connectivity index (χ1n) is 9.44. The molecule has 8 heteroatoms.